The van der Waals surface area contributed by atoms with Gasteiger partial charge in [0.15, 0.2) is 0 Å². The van der Waals surface area contributed by atoms with Crippen LogP contribution in [0.4, 0.5) is 5.69 Å². The van der Waals surface area contributed by atoms with Gasteiger partial charge in [-0.2, -0.15) is 0 Å². The molecule has 1 unspecified atom stereocenters. The molecule has 1 atom stereocenters. The fourth-order valence-electron chi connectivity index (χ4n) is 3.31. The molecule has 0 amide bonds. The number of benzene rings is 1. The molecule has 21 heavy (non-hydrogen) atoms. The van der Waals surface area contributed by atoms with E-state index in [2.05, 4.69) is 52.4 Å². The van der Waals surface area contributed by atoms with Crippen molar-refractivity contribution in [1.29, 1.82) is 0 Å². The van der Waals surface area contributed by atoms with Crippen molar-refractivity contribution in [3.8, 4) is 0 Å². The predicted octanol–water partition coefficient (Wildman–Crippen LogP) is 2.59. The van der Waals surface area contributed by atoms with Crippen LogP contribution in [0.15, 0.2) is 30.3 Å². The van der Waals surface area contributed by atoms with E-state index in [1.807, 2.05) is 0 Å². The summed E-state index contributed by atoms with van der Waals surface area (Å²) in [6.45, 7) is 9.40. The van der Waals surface area contributed by atoms with Gasteiger partial charge in [0.2, 0.25) is 0 Å². The summed E-state index contributed by atoms with van der Waals surface area (Å²) < 4.78 is 0. The topological polar surface area (TPSA) is 18.5 Å². The van der Waals surface area contributed by atoms with Crippen molar-refractivity contribution in [3.05, 3.63) is 30.3 Å². The van der Waals surface area contributed by atoms with Gasteiger partial charge in [-0.3, -0.25) is 4.90 Å². The number of anilines is 1. The van der Waals surface area contributed by atoms with Crippen LogP contribution in [-0.4, -0.2) is 50.2 Å². The summed E-state index contributed by atoms with van der Waals surface area (Å²) in [5.74, 6) is 0.948. The second-order valence-corrected chi connectivity index (χ2v) is 6.52. The quantitative estimate of drug-likeness (QED) is 0.831. The molecular formula is C18H29N3. The van der Waals surface area contributed by atoms with Crippen molar-refractivity contribution >= 4 is 5.69 Å². The van der Waals surface area contributed by atoms with Gasteiger partial charge in [-0.05, 0) is 43.9 Å². The molecule has 0 spiro atoms. The zero-order valence-corrected chi connectivity index (χ0v) is 13.3. The summed E-state index contributed by atoms with van der Waals surface area (Å²) in [5, 5.41) is 3.77. The Morgan fingerprint density at radius 3 is 2.43 bits per heavy atom. The Labute approximate surface area is 129 Å². The second kappa shape index (κ2) is 7.28. The maximum atomic E-state index is 3.77. The highest BCUT2D eigenvalue weighted by molar-refractivity contribution is 5.46. The molecule has 1 N–H and O–H groups in total. The van der Waals surface area contributed by atoms with Crippen LogP contribution in [-0.2, 0) is 0 Å². The van der Waals surface area contributed by atoms with E-state index in [1.165, 1.54) is 51.1 Å². The molecule has 3 nitrogen and oxygen atoms in total. The first-order chi connectivity index (χ1) is 10.4. The molecule has 1 heterocycles. The maximum absolute atomic E-state index is 3.77. The van der Waals surface area contributed by atoms with E-state index < -0.39 is 0 Å². The highest BCUT2D eigenvalue weighted by Crippen LogP contribution is 2.33. The second-order valence-electron chi connectivity index (χ2n) is 6.52. The number of piperazine rings is 1. The van der Waals surface area contributed by atoms with Crippen molar-refractivity contribution in [2.24, 2.45) is 5.92 Å². The third-order valence-electron chi connectivity index (χ3n) is 4.80. The van der Waals surface area contributed by atoms with Crippen molar-refractivity contribution in [2.75, 3.05) is 44.2 Å². The molecule has 0 bridgehead atoms. The first-order valence-corrected chi connectivity index (χ1v) is 8.62. The third kappa shape index (κ3) is 4.21. The SMILES string of the molecule is CCCNC(CN1CCN(c2ccccc2)CC1)C1CC1. The largest absolute Gasteiger partial charge is 0.369 e. The van der Waals surface area contributed by atoms with Crippen LogP contribution < -0.4 is 10.2 Å². The van der Waals surface area contributed by atoms with Crippen LogP contribution >= 0.6 is 0 Å². The van der Waals surface area contributed by atoms with Gasteiger partial charge < -0.3 is 10.2 Å². The van der Waals surface area contributed by atoms with Gasteiger partial charge in [0.25, 0.3) is 0 Å². The highest BCUT2D eigenvalue weighted by atomic mass is 15.3. The average molecular weight is 287 g/mol. The number of hydrogen-bond acceptors (Lipinski definition) is 3. The fourth-order valence-corrected chi connectivity index (χ4v) is 3.31. The van der Waals surface area contributed by atoms with Gasteiger partial charge in [0.05, 0.1) is 0 Å². The summed E-state index contributed by atoms with van der Waals surface area (Å²) >= 11 is 0. The van der Waals surface area contributed by atoms with Crippen LogP contribution in [0.1, 0.15) is 26.2 Å². The van der Waals surface area contributed by atoms with Gasteiger partial charge in [-0.1, -0.05) is 25.1 Å². The van der Waals surface area contributed by atoms with E-state index in [1.54, 1.807) is 0 Å². The lowest BCUT2D eigenvalue weighted by Gasteiger charge is -2.38. The number of nitrogens with one attached hydrogen (secondary N) is 1. The number of nitrogens with zero attached hydrogens (tertiary/aromatic N) is 2. The maximum Gasteiger partial charge on any atom is 0.0367 e. The third-order valence-corrected chi connectivity index (χ3v) is 4.80. The normalized spacial score (nSPS) is 21.5. The Hall–Kier alpha value is -1.06. The molecule has 3 heteroatoms. The van der Waals surface area contributed by atoms with Crippen molar-refractivity contribution < 1.29 is 0 Å². The van der Waals surface area contributed by atoms with Crippen LogP contribution in [0.3, 0.4) is 0 Å². The minimum atomic E-state index is 0.730. The number of para-hydroxylation sites is 1. The van der Waals surface area contributed by atoms with Crippen molar-refractivity contribution in [3.63, 3.8) is 0 Å². The van der Waals surface area contributed by atoms with E-state index in [0.29, 0.717) is 0 Å². The Balaban J connectivity index is 1.46. The Morgan fingerprint density at radius 2 is 1.81 bits per heavy atom. The molecule has 1 saturated carbocycles. The van der Waals surface area contributed by atoms with Crippen LogP contribution in [0, 0.1) is 5.92 Å². The lowest BCUT2D eigenvalue weighted by Crippen LogP contribution is -2.51. The lowest BCUT2D eigenvalue weighted by atomic mass is 10.1. The first-order valence-electron chi connectivity index (χ1n) is 8.62. The van der Waals surface area contributed by atoms with Crippen molar-refractivity contribution in [1.82, 2.24) is 10.2 Å². The molecule has 1 saturated heterocycles. The molecule has 1 aromatic rings. The Morgan fingerprint density at radius 1 is 1.10 bits per heavy atom. The molecule has 2 aliphatic rings. The summed E-state index contributed by atoms with van der Waals surface area (Å²) in [6, 6.07) is 11.6. The van der Waals surface area contributed by atoms with E-state index in [4.69, 9.17) is 0 Å². The first kappa shape index (κ1) is 14.9. The molecule has 2 fully saturated rings. The van der Waals surface area contributed by atoms with E-state index in [9.17, 15) is 0 Å². The van der Waals surface area contributed by atoms with Crippen molar-refractivity contribution in [2.45, 2.75) is 32.2 Å². The predicted molar refractivity (Wildman–Crippen MR) is 89.9 cm³/mol. The molecule has 0 aromatic heterocycles. The lowest BCUT2D eigenvalue weighted by molar-refractivity contribution is 0.219. The summed E-state index contributed by atoms with van der Waals surface area (Å²) in [5.41, 5.74) is 1.38. The van der Waals surface area contributed by atoms with Gasteiger partial charge >= 0.3 is 0 Å². The number of rotatable bonds is 7. The molecule has 0 radical (unpaired) electrons. The van der Waals surface area contributed by atoms with Gasteiger partial charge in [0.1, 0.15) is 0 Å². The molecule has 116 valence electrons. The number of hydrogen-bond donors (Lipinski definition) is 1. The molecule has 3 rings (SSSR count). The molecule has 1 aliphatic carbocycles. The van der Waals surface area contributed by atoms with Crippen LogP contribution in [0.5, 0.6) is 0 Å². The summed E-state index contributed by atoms with van der Waals surface area (Å²) in [4.78, 5) is 5.17. The van der Waals surface area contributed by atoms with E-state index >= 15 is 0 Å². The summed E-state index contributed by atoms with van der Waals surface area (Å²) in [7, 11) is 0. The van der Waals surface area contributed by atoms with E-state index in [0.717, 1.165) is 25.0 Å². The zero-order chi connectivity index (χ0) is 14.5. The van der Waals surface area contributed by atoms with Gasteiger partial charge in [-0.25, -0.2) is 0 Å². The minimum absolute atomic E-state index is 0.730. The molecule has 1 aliphatic heterocycles. The molecular weight excluding hydrogens is 258 g/mol. The monoisotopic (exact) mass is 287 g/mol. The average Bonchev–Trinajstić information content (AvgIpc) is 3.38. The Bertz CT molecular complexity index is 408. The molecule has 1 aromatic carbocycles. The standard InChI is InChI=1S/C18H29N3/c1-2-10-19-18(16-8-9-16)15-20-11-13-21(14-12-20)17-6-4-3-5-7-17/h3-7,16,18-19H,2,8-15H2,1H3. The Kier molecular flexibility index (Phi) is 5.15. The fraction of sp³-hybridized carbons (Fsp3) is 0.667. The van der Waals surface area contributed by atoms with Crippen LogP contribution in [0.25, 0.3) is 0 Å². The van der Waals surface area contributed by atoms with Crippen LogP contribution in [0.2, 0.25) is 0 Å². The van der Waals surface area contributed by atoms with E-state index in [-0.39, 0.29) is 0 Å². The van der Waals surface area contributed by atoms with Gasteiger partial charge in [0, 0.05) is 44.5 Å². The minimum Gasteiger partial charge on any atom is -0.369 e. The highest BCUT2D eigenvalue weighted by Gasteiger charge is 2.32. The summed E-state index contributed by atoms with van der Waals surface area (Å²) in [6.07, 6.45) is 4.11. The van der Waals surface area contributed by atoms with Gasteiger partial charge in [-0.15, -0.1) is 0 Å². The smallest absolute Gasteiger partial charge is 0.0367 e. The zero-order valence-electron chi connectivity index (χ0n) is 13.3.